The molecule has 0 bridgehead atoms. The lowest BCUT2D eigenvalue weighted by Crippen LogP contribution is -2.35. The summed E-state index contributed by atoms with van der Waals surface area (Å²) in [6, 6.07) is 13.3. The van der Waals surface area contributed by atoms with Gasteiger partial charge in [-0.15, -0.1) is 0 Å². The first-order valence-electron chi connectivity index (χ1n) is 8.37. The van der Waals surface area contributed by atoms with Crippen LogP contribution in [0.4, 0.5) is 11.4 Å². The monoisotopic (exact) mass is 325 g/mol. The summed E-state index contributed by atoms with van der Waals surface area (Å²) >= 11 is 0. The van der Waals surface area contributed by atoms with Gasteiger partial charge in [0.15, 0.2) is 0 Å². The lowest BCUT2D eigenvalue weighted by molar-refractivity contribution is 0.102. The molecule has 5 nitrogen and oxygen atoms in total. The summed E-state index contributed by atoms with van der Waals surface area (Å²) in [7, 11) is 0. The van der Waals surface area contributed by atoms with E-state index in [1.807, 2.05) is 43.3 Å². The second-order valence-electron chi connectivity index (χ2n) is 6.25. The van der Waals surface area contributed by atoms with Crippen LogP contribution in [0.25, 0.3) is 0 Å². The topological polar surface area (TPSA) is 65.5 Å². The molecule has 0 aliphatic carbocycles. The van der Waals surface area contributed by atoms with Crippen molar-refractivity contribution < 1.29 is 9.90 Å². The van der Waals surface area contributed by atoms with E-state index < -0.39 is 0 Å². The van der Waals surface area contributed by atoms with E-state index >= 15 is 0 Å². The molecule has 3 rings (SSSR count). The van der Waals surface area contributed by atoms with Gasteiger partial charge in [0.1, 0.15) is 5.69 Å². The van der Waals surface area contributed by atoms with Crippen LogP contribution in [-0.2, 0) is 0 Å². The normalized spacial score (nSPS) is 15.3. The molecule has 5 heteroatoms. The van der Waals surface area contributed by atoms with Gasteiger partial charge < -0.3 is 15.3 Å². The molecular formula is C19H23N3O2. The summed E-state index contributed by atoms with van der Waals surface area (Å²) in [6.45, 7) is 3.91. The number of pyridine rings is 1. The van der Waals surface area contributed by atoms with E-state index in [0.717, 1.165) is 43.0 Å². The maximum Gasteiger partial charge on any atom is 0.274 e. The SMILES string of the molecule is Cc1cccc(C(=O)Nc2ccccc2N2CCC(CO)CC2)n1. The van der Waals surface area contributed by atoms with Crippen molar-refractivity contribution in [1.29, 1.82) is 0 Å². The molecule has 1 amide bonds. The maximum atomic E-state index is 12.5. The van der Waals surface area contributed by atoms with Crippen LogP contribution >= 0.6 is 0 Å². The number of hydrogen-bond acceptors (Lipinski definition) is 4. The number of aryl methyl sites for hydroxylation is 1. The number of aliphatic hydroxyl groups is 1. The van der Waals surface area contributed by atoms with E-state index in [1.165, 1.54) is 0 Å². The van der Waals surface area contributed by atoms with Crippen LogP contribution in [0.5, 0.6) is 0 Å². The van der Waals surface area contributed by atoms with Crippen molar-refractivity contribution in [2.24, 2.45) is 5.92 Å². The zero-order valence-corrected chi connectivity index (χ0v) is 13.9. The smallest absolute Gasteiger partial charge is 0.274 e. The van der Waals surface area contributed by atoms with Gasteiger partial charge in [-0.1, -0.05) is 18.2 Å². The number of amides is 1. The minimum absolute atomic E-state index is 0.198. The van der Waals surface area contributed by atoms with Gasteiger partial charge in [-0.25, -0.2) is 4.98 Å². The van der Waals surface area contributed by atoms with Gasteiger partial charge >= 0.3 is 0 Å². The fraction of sp³-hybridized carbons (Fsp3) is 0.368. The predicted octanol–water partition coefficient (Wildman–Crippen LogP) is 2.85. The third-order valence-electron chi connectivity index (χ3n) is 4.49. The van der Waals surface area contributed by atoms with Crippen LogP contribution < -0.4 is 10.2 Å². The maximum absolute atomic E-state index is 12.5. The number of nitrogens with one attached hydrogen (secondary N) is 1. The third kappa shape index (κ3) is 3.74. The summed E-state index contributed by atoms with van der Waals surface area (Å²) in [5, 5.41) is 12.3. The van der Waals surface area contributed by atoms with Gasteiger partial charge in [-0.05, 0) is 49.9 Å². The van der Waals surface area contributed by atoms with Crippen LogP contribution in [0.1, 0.15) is 29.0 Å². The molecule has 1 aliphatic rings. The minimum atomic E-state index is -0.198. The van der Waals surface area contributed by atoms with Crippen LogP contribution in [0.2, 0.25) is 0 Å². The molecule has 1 saturated heterocycles. The average Bonchev–Trinajstić information content (AvgIpc) is 2.62. The molecule has 1 fully saturated rings. The third-order valence-corrected chi connectivity index (χ3v) is 4.49. The fourth-order valence-electron chi connectivity index (χ4n) is 3.07. The molecule has 126 valence electrons. The van der Waals surface area contributed by atoms with Crippen LogP contribution in [0, 0.1) is 12.8 Å². The average molecular weight is 325 g/mol. The van der Waals surface area contributed by atoms with E-state index in [2.05, 4.69) is 15.2 Å². The van der Waals surface area contributed by atoms with Gasteiger partial charge in [0.05, 0.1) is 11.4 Å². The molecule has 24 heavy (non-hydrogen) atoms. The Labute approximate surface area is 142 Å². The highest BCUT2D eigenvalue weighted by molar-refractivity contribution is 6.04. The van der Waals surface area contributed by atoms with Crippen molar-refractivity contribution in [2.75, 3.05) is 29.9 Å². The number of para-hydroxylation sites is 2. The Morgan fingerprint density at radius 2 is 1.96 bits per heavy atom. The molecular weight excluding hydrogens is 302 g/mol. The van der Waals surface area contributed by atoms with Crippen molar-refractivity contribution in [1.82, 2.24) is 4.98 Å². The van der Waals surface area contributed by atoms with E-state index in [4.69, 9.17) is 0 Å². The highest BCUT2D eigenvalue weighted by Crippen LogP contribution is 2.29. The number of hydrogen-bond donors (Lipinski definition) is 2. The van der Waals surface area contributed by atoms with E-state index in [-0.39, 0.29) is 12.5 Å². The number of rotatable bonds is 4. The van der Waals surface area contributed by atoms with E-state index in [1.54, 1.807) is 6.07 Å². The highest BCUT2D eigenvalue weighted by atomic mass is 16.3. The summed E-state index contributed by atoms with van der Waals surface area (Å²) in [5.74, 6) is 0.191. The van der Waals surface area contributed by atoms with Crippen LogP contribution in [-0.4, -0.2) is 35.7 Å². The molecule has 0 spiro atoms. The van der Waals surface area contributed by atoms with Gasteiger partial charge in [-0.2, -0.15) is 0 Å². The molecule has 2 N–H and O–H groups in total. The van der Waals surface area contributed by atoms with Gasteiger partial charge in [0, 0.05) is 25.4 Å². The first-order chi connectivity index (χ1) is 11.7. The second kappa shape index (κ2) is 7.45. The molecule has 1 aliphatic heterocycles. The van der Waals surface area contributed by atoms with Crippen LogP contribution in [0.3, 0.4) is 0 Å². The Balaban J connectivity index is 1.76. The Hall–Kier alpha value is -2.40. The molecule has 2 aromatic rings. The largest absolute Gasteiger partial charge is 0.396 e. The van der Waals surface area contributed by atoms with Gasteiger partial charge in [0.2, 0.25) is 0 Å². The zero-order chi connectivity index (χ0) is 16.9. The van der Waals surface area contributed by atoms with Crippen molar-refractivity contribution in [3.05, 3.63) is 53.9 Å². The molecule has 0 saturated carbocycles. The lowest BCUT2D eigenvalue weighted by Gasteiger charge is -2.34. The quantitative estimate of drug-likeness (QED) is 0.907. The summed E-state index contributed by atoms with van der Waals surface area (Å²) < 4.78 is 0. The predicted molar refractivity (Wildman–Crippen MR) is 95.4 cm³/mol. The fourth-order valence-corrected chi connectivity index (χ4v) is 3.07. The minimum Gasteiger partial charge on any atom is -0.396 e. The van der Waals surface area contributed by atoms with Crippen molar-refractivity contribution in [2.45, 2.75) is 19.8 Å². The number of piperidine rings is 1. The second-order valence-corrected chi connectivity index (χ2v) is 6.25. The Morgan fingerprint density at radius 1 is 1.21 bits per heavy atom. The summed E-state index contributed by atoms with van der Waals surface area (Å²) in [6.07, 6.45) is 1.94. The number of carbonyl (C=O) groups is 1. The Morgan fingerprint density at radius 3 is 2.67 bits per heavy atom. The van der Waals surface area contributed by atoms with E-state index in [9.17, 15) is 9.90 Å². The number of anilines is 2. The molecule has 1 aromatic carbocycles. The first kappa shape index (κ1) is 16.5. The van der Waals surface area contributed by atoms with E-state index in [0.29, 0.717) is 11.6 Å². The molecule has 1 aromatic heterocycles. The number of carbonyl (C=O) groups excluding carboxylic acids is 1. The summed E-state index contributed by atoms with van der Waals surface area (Å²) in [4.78, 5) is 19.0. The molecule has 0 radical (unpaired) electrons. The Kier molecular flexibility index (Phi) is 5.11. The van der Waals surface area contributed by atoms with Gasteiger partial charge in [-0.3, -0.25) is 4.79 Å². The van der Waals surface area contributed by atoms with Crippen molar-refractivity contribution in [3.8, 4) is 0 Å². The van der Waals surface area contributed by atoms with Crippen molar-refractivity contribution in [3.63, 3.8) is 0 Å². The lowest BCUT2D eigenvalue weighted by atomic mass is 9.97. The summed E-state index contributed by atoms with van der Waals surface area (Å²) in [5.41, 5.74) is 3.06. The zero-order valence-electron chi connectivity index (χ0n) is 13.9. The number of aromatic nitrogens is 1. The standard InChI is InChI=1S/C19H23N3O2/c1-14-5-4-7-17(20-14)19(24)21-16-6-2-3-8-18(16)22-11-9-15(13-23)10-12-22/h2-8,15,23H,9-13H2,1H3,(H,21,24). The first-order valence-corrected chi connectivity index (χ1v) is 8.37. The van der Waals surface area contributed by atoms with Crippen LogP contribution in [0.15, 0.2) is 42.5 Å². The molecule has 0 atom stereocenters. The Bertz CT molecular complexity index is 709. The van der Waals surface area contributed by atoms with Crippen molar-refractivity contribution >= 4 is 17.3 Å². The highest BCUT2D eigenvalue weighted by Gasteiger charge is 2.21. The van der Waals surface area contributed by atoms with Gasteiger partial charge in [0.25, 0.3) is 5.91 Å². The number of benzene rings is 1. The number of aliphatic hydroxyl groups excluding tert-OH is 1. The number of nitrogens with zero attached hydrogens (tertiary/aromatic N) is 2. The molecule has 0 unspecified atom stereocenters. The molecule has 2 heterocycles.